The van der Waals surface area contributed by atoms with Gasteiger partial charge in [0, 0.05) is 31.7 Å². The molecule has 1 aliphatic carbocycles. The van der Waals surface area contributed by atoms with Gasteiger partial charge in [-0.15, -0.1) is 0 Å². The second kappa shape index (κ2) is 11.1. The van der Waals surface area contributed by atoms with Gasteiger partial charge >= 0.3 is 0 Å². The number of carbonyl (C=O) groups excluding carboxylic acids is 2. The van der Waals surface area contributed by atoms with Crippen molar-refractivity contribution >= 4 is 11.8 Å². The van der Waals surface area contributed by atoms with Crippen molar-refractivity contribution in [3.05, 3.63) is 29.3 Å². The summed E-state index contributed by atoms with van der Waals surface area (Å²) >= 11 is 0. The molecule has 4 rings (SSSR count). The van der Waals surface area contributed by atoms with Gasteiger partial charge in [0.05, 0.1) is 6.61 Å². The SMILES string of the molecule is CCCCN1C(=O)[C@H](CC2CCCCC2)NC(=O)C12CCN(Cc1ccc(CO)c(O)c1)CC2. The second-order valence-corrected chi connectivity index (χ2v) is 10.5. The highest BCUT2D eigenvalue weighted by atomic mass is 16.3. The quantitative estimate of drug-likeness (QED) is 0.541. The molecule has 2 saturated heterocycles. The molecular weight excluding hydrogens is 430 g/mol. The Kier molecular flexibility index (Phi) is 8.14. The van der Waals surface area contributed by atoms with E-state index in [0.717, 1.165) is 37.9 Å². The van der Waals surface area contributed by atoms with Gasteiger partial charge in [0.25, 0.3) is 0 Å². The molecule has 3 N–H and O–H groups in total. The van der Waals surface area contributed by atoms with Crippen LogP contribution in [0.15, 0.2) is 18.2 Å². The summed E-state index contributed by atoms with van der Waals surface area (Å²) < 4.78 is 0. The molecule has 7 heteroatoms. The number of piperidine rings is 1. The van der Waals surface area contributed by atoms with Gasteiger partial charge in [-0.05, 0) is 43.2 Å². The molecule has 34 heavy (non-hydrogen) atoms. The van der Waals surface area contributed by atoms with E-state index in [0.29, 0.717) is 37.4 Å². The first-order valence-corrected chi connectivity index (χ1v) is 13.2. The Labute approximate surface area is 203 Å². The highest BCUT2D eigenvalue weighted by molar-refractivity contribution is 6.00. The molecule has 3 fully saturated rings. The first-order valence-electron chi connectivity index (χ1n) is 13.2. The van der Waals surface area contributed by atoms with E-state index < -0.39 is 5.54 Å². The lowest BCUT2D eigenvalue weighted by atomic mass is 9.79. The van der Waals surface area contributed by atoms with Crippen LogP contribution in [0.3, 0.4) is 0 Å². The van der Waals surface area contributed by atoms with Crippen LogP contribution in [0, 0.1) is 5.92 Å². The van der Waals surface area contributed by atoms with E-state index in [1.165, 1.54) is 32.1 Å². The first-order chi connectivity index (χ1) is 16.5. The number of carbonyl (C=O) groups is 2. The van der Waals surface area contributed by atoms with Gasteiger partial charge in [-0.2, -0.15) is 0 Å². The Morgan fingerprint density at radius 2 is 1.85 bits per heavy atom. The maximum Gasteiger partial charge on any atom is 0.246 e. The van der Waals surface area contributed by atoms with Crippen LogP contribution in [0.25, 0.3) is 0 Å². The maximum atomic E-state index is 13.6. The lowest BCUT2D eigenvalue weighted by Crippen LogP contribution is -2.73. The molecule has 0 radical (unpaired) electrons. The number of unbranched alkanes of at least 4 members (excludes halogenated alkanes) is 1. The van der Waals surface area contributed by atoms with Crippen molar-refractivity contribution in [2.45, 2.75) is 95.9 Å². The molecule has 7 nitrogen and oxygen atoms in total. The fourth-order valence-corrected chi connectivity index (χ4v) is 6.11. The Balaban J connectivity index is 1.43. The van der Waals surface area contributed by atoms with E-state index >= 15 is 0 Å². The van der Waals surface area contributed by atoms with Crippen molar-refractivity contribution in [2.24, 2.45) is 5.92 Å². The Morgan fingerprint density at radius 3 is 2.50 bits per heavy atom. The van der Waals surface area contributed by atoms with Crippen LogP contribution in [-0.4, -0.2) is 63.0 Å². The summed E-state index contributed by atoms with van der Waals surface area (Å²) in [5.41, 5.74) is 0.757. The molecule has 3 aliphatic rings. The molecule has 1 spiro atoms. The zero-order valence-electron chi connectivity index (χ0n) is 20.6. The lowest BCUT2D eigenvalue weighted by molar-refractivity contribution is -0.162. The molecule has 2 amide bonds. The van der Waals surface area contributed by atoms with Gasteiger partial charge < -0.3 is 20.4 Å². The average Bonchev–Trinajstić information content (AvgIpc) is 2.84. The molecule has 0 aromatic heterocycles. The van der Waals surface area contributed by atoms with E-state index in [-0.39, 0.29) is 30.2 Å². The number of rotatable bonds is 8. The summed E-state index contributed by atoms with van der Waals surface area (Å²) in [4.78, 5) is 31.4. The summed E-state index contributed by atoms with van der Waals surface area (Å²) in [6.45, 7) is 4.71. The topological polar surface area (TPSA) is 93.1 Å². The number of nitrogens with one attached hydrogen (secondary N) is 1. The molecule has 188 valence electrons. The summed E-state index contributed by atoms with van der Waals surface area (Å²) in [5.74, 6) is 0.811. The normalized spacial score (nSPS) is 23.9. The van der Waals surface area contributed by atoms with Crippen LogP contribution in [-0.2, 0) is 22.7 Å². The number of piperazine rings is 1. The van der Waals surface area contributed by atoms with Crippen molar-refractivity contribution in [3.8, 4) is 5.75 Å². The molecule has 0 bridgehead atoms. The highest BCUT2D eigenvalue weighted by Gasteiger charge is 2.53. The van der Waals surface area contributed by atoms with Crippen molar-refractivity contribution in [2.75, 3.05) is 19.6 Å². The minimum absolute atomic E-state index is 0.0357. The van der Waals surface area contributed by atoms with E-state index in [4.69, 9.17) is 0 Å². The lowest BCUT2D eigenvalue weighted by Gasteiger charge is -2.52. The van der Waals surface area contributed by atoms with Gasteiger partial charge in [-0.25, -0.2) is 0 Å². The van der Waals surface area contributed by atoms with Gasteiger partial charge in [-0.3, -0.25) is 14.5 Å². The Hall–Kier alpha value is -2.12. The molecule has 1 saturated carbocycles. The van der Waals surface area contributed by atoms with Crippen molar-refractivity contribution < 1.29 is 19.8 Å². The summed E-state index contributed by atoms with van der Waals surface area (Å²) in [6, 6.07) is 5.01. The standard InChI is InChI=1S/C27H41N3O4/c1-2-3-13-30-25(33)23(16-20-7-5-4-6-8-20)28-26(34)27(30)11-14-29(15-12-27)18-21-9-10-22(19-31)24(32)17-21/h9-10,17,20,23,31-32H,2-8,11-16,18-19H2,1H3,(H,28,34)/t23-/m0/s1. The van der Waals surface area contributed by atoms with Crippen LogP contribution < -0.4 is 5.32 Å². The first kappa shape index (κ1) is 25.0. The van der Waals surface area contributed by atoms with Crippen molar-refractivity contribution in [1.29, 1.82) is 0 Å². The third-order valence-electron chi connectivity index (χ3n) is 8.25. The number of hydrogen-bond acceptors (Lipinski definition) is 5. The fraction of sp³-hybridized carbons (Fsp3) is 0.704. The number of hydrogen-bond donors (Lipinski definition) is 3. The number of aliphatic hydroxyl groups is 1. The molecule has 0 unspecified atom stereocenters. The number of amides is 2. The minimum atomic E-state index is -0.741. The van der Waals surface area contributed by atoms with Gasteiger partial charge in [-0.1, -0.05) is 57.6 Å². The summed E-state index contributed by atoms with van der Waals surface area (Å²) in [6.07, 6.45) is 10.0. The van der Waals surface area contributed by atoms with Crippen molar-refractivity contribution in [1.82, 2.24) is 15.1 Å². The Bertz CT molecular complexity index is 859. The zero-order valence-corrected chi connectivity index (χ0v) is 20.6. The number of nitrogens with zero attached hydrogens (tertiary/aromatic N) is 2. The fourth-order valence-electron chi connectivity index (χ4n) is 6.11. The van der Waals surface area contributed by atoms with Crippen LogP contribution in [0.2, 0.25) is 0 Å². The van der Waals surface area contributed by atoms with Crippen molar-refractivity contribution in [3.63, 3.8) is 0 Å². The minimum Gasteiger partial charge on any atom is -0.508 e. The van der Waals surface area contributed by atoms with E-state index in [2.05, 4.69) is 17.1 Å². The highest BCUT2D eigenvalue weighted by Crippen LogP contribution is 2.36. The van der Waals surface area contributed by atoms with E-state index in [1.807, 2.05) is 11.0 Å². The largest absolute Gasteiger partial charge is 0.508 e. The predicted octanol–water partition coefficient (Wildman–Crippen LogP) is 3.32. The Morgan fingerprint density at radius 1 is 1.12 bits per heavy atom. The maximum absolute atomic E-state index is 13.6. The van der Waals surface area contributed by atoms with E-state index in [1.54, 1.807) is 12.1 Å². The molecule has 2 aliphatic heterocycles. The number of phenols is 1. The summed E-state index contributed by atoms with van der Waals surface area (Å²) in [7, 11) is 0. The molecular formula is C27H41N3O4. The van der Waals surface area contributed by atoms with E-state index in [9.17, 15) is 19.8 Å². The summed E-state index contributed by atoms with van der Waals surface area (Å²) in [5, 5.41) is 22.5. The number of aromatic hydroxyl groups is 1. The number of likely N-dealkylation sites (tertiary alicyclic amines) is 1. The molecule has 1 aromatic rings. The third kappa shape index (κ3) is 5.25. The van der Waals surface area contributed by atoms with Gasteiger partial charge in [0.2, 0.25) is 11.8 Å². The second-order valence-electron chi connectivity index (χ2n) is 10.5. The number of benzene rings is 1. The number of aliphatic hydroxyl groups excluding tert-OH is 1. The molecule has 1 atom stereocenters. The zero-order chi connectivity index (χ0) is 24.1. The van der Waals surface area contributed by atoms with Crippen LogP contribution >= 0.6 is 0 Å². The average molecular weight is 472 g/mol. The molecule has 2 heterocycles. The van der Waals surface area contributed by atoms with Crippen LogP contribution in [0.5, 0.6) is 5.75 Å². The van der Waals surface area contributed by atoms with Crippen LogP contribution in [0.4, 0.5) is 0 Å². The molecule has 1 aromatic carbocycles. The smallest absolute Gasteiger partial charge is 0.246 e. The third-order valence-corrected chi connectivity index (χ3v) is 8.25. The monoisotopic (exact) mass is 471 g/mol. The predicted molar refractivity (Wildman–Crippen MR) is 131 cm³/mol. The van der Waals surface area contributed by atoms with Gasteiger partial charge in [0.15, 0.2) is 0 Å². The van der Waals surface area contributed by atoms with Crippen LogP contribution in [0.1, 0.15) is 82.3 Å². The van der Waals surface area contributed by atoms with Gasteiger partial charge in [0.1, 0.15) is 17.3 Å².